The first-order valence-corrected chi connectivity index (χ1v) is 10.2. The monoisotopic (exact) mass is 369 g/mol. The fourth-order valence-electron chi connectivity index (χ4n) is 3.66. The minimum Gasteiger partial charge on any atom is -0.256 e. The lowest BCUT2D eigenvalue weighted by Gasteiger charge is -2.14. The van der Waals surface area contributed by atoms with Crippen LogP contribution in [0.15, 0.2) is 65.7 Å². The van der Waals surface area contributed by atoms with Crippen molar-refractivity contribution in [2.45, 2.75) is 53.4 Å². The number of aryl methyl sites for hydroxylation is 2. The highest BCUT2D eigenvalue weighted by Gasteiger charge is 2.11. The average molecular weight is 370 g/mol. The van der Waals surface area contributed by atoms with Gasteiger partial charge in [-0.05, 0) is 59.6 Å². The third-order valence-electron chi connectivity index (χ3n) is 5.29. The lowest BCUT2D eigenvalue weighted by atomic mass is 9.93. The summed E-state index contributed by atoms with van der Waals surface area (Å²) in [6.45, 7) is 13.3. The molecule has 0 atom stereocenters. The normalized spacial score (nSPS) is 11.7. The van der Waals surface area contributed by atoms with Crippen molar-refractivity contribution >= 4 is 11.9 Å². The summed E-state index contributed by atoms with van der Waals surface area (Å²) in [6, 6.07) is 21.8. The zero-order chi connectivity index (χ0) is 20.3. The molecule has 0 unspecified atom stereocenters. The summed E-state index contributed by atoms with van der Waals surface area (Å²) >= 11 is 0. The van der Waals surface area contributed by atoms with Crippen LogP contribution in [-0.2, 0) is 0 Å². The minimum atomic E-state index is 0.445. The molecule has 0 radical (unpaired) electrons. The summed E-state index contributed by atoms with van der Waals surface area (Å²) in [7, 11) is 0. The van der Waals surface area contributed by atoms with Gasteiger partial charge in [0.15, 0.2) is 0 Å². The maximum absolute atomic E-state index is 4.99. The Bertz CT molecular complexity index is 979. The Morgan fingerprint density at radius 3 is 2.14 bits per heavy atom. The highest BCUT2D eigenvalue weighted by Crippen LogP contribution is 2.32. The number of nitrogens with zero attached hydrogens (tertiary/aromatic N) is 1. The number of benzene rings is 3. The van der Waals surface area contributed by atoms with E-state index in [0.29, 0.717) is 11.8 Å². The molecular weight excluding hydrogens is 338 g/mol. The molecule has 0 spiro atoms. The molecule has 0 fully saturated rings. The molecule has 0 aliphatic carbocycles. The van der Waals surface area contributed by atoms with E-state index in [1.54, 1.807) is 0 Å². The number of hydrogen-bond acceptors (Lipinski definition) is 1. The van der Waals surface area contributed by atoms with Crippen molar-refractivity contribution in [3.63, 3.8) is 0 Å². The maximum atomic E-state index is 4.99. The van der Waals surface area contributed by atoms with Gasteiger partial charge < -0.3 is 0 Å². The largest absolute Gasteiger partial charge is 0.256 e. The van der Waals surface area contributed by atoms with Gasteiger partial charge in [-0.25, -0.2) is 0 Å². The number of aliphatic imine (C=N–C) groups is 1. The molecule has 0 aromatic heterocycles. The van der Waals surface area contributed by atoms with Crippen molar-refractivity contribution in [2.24, 2.45) is 4.99 Å². The molecule has 28 heavy (non-hydrogen) atoms. The fourth-order valence-corrected chi connectivity index (χ4v) is 3.66. The van der Waals surface area contributed by atoms with Crippen LogP contribution in [0, 0.1) is 13.8 Å². The molecule has 3 aromatic carbocycles. The van der Waals surface area contributed by atoms with Crippen LogP contribution in [0.5, 0.6) is 0 Å². The van der Waals surface area contributed by atoms with Gasteiger partial charge in [0, 0.05) is 11.8 Å². The molecule has 3 rings (SSSR count). The van der Waals surface area contributed by atoms with Crippen LogP contribution in [0.4, 0.5) is 5.69 Å². The van der Waals surface area contributed by atoms with Crippen LogP contribution in [-0.4, -0.2) is 6.21 Å². The van der Waals surface area contributed by atoms with Gasteiger partial charge in [0.05, 0.1) is 5.69 Å². The van der Waals surface area contributed by atoms with E-state index in [1.807, 2.05) is 0 Å². The first-order chi connectivity index (χ1) is 13.4. The van der Waals surface area contributed by atoms with Crippen molar-refractivity contribution in [1.29, 1.82) is 0 Å². The first-order valence-electron chi connectivity index (χ1n) is 10.2. The summed E-state index contributed by atoms with van der Waals surface area (Å²) in [5.74, 6) is 0.942. The van der Waals surface area contributed by atoms with E-state index in [-0.39, 0.29) is 0 Å². The summed E-state index contributed by atoms with van der Waals surface area (Å²) in [5, 5.41) is 0. The van der Waals surface area contributed by atoms with Crippen LogP contribution in [0.3, 0.4) is 0 Å². The Morgan fingerprint density at radius 1 is 0.786 bits per heavy atom. The zero-order valence-corrected chi connectivity index (χ0v) is 18.0. The molecule has 144 valence electrons. The van der Waals surface area contributed by atoms with E-state index in [9.17, 15) is 0 Å². The Balaban J connectivity index is 2.12. The molecule has 1 nitrogen and oxygen atoms in total. The van der Waals surface area contributed by atoms with Gasteiger partial charge in [0.25, 0.3) is 0 Å². The van der Waals surface area contributed by atoms with Gasteiger partial charge >= 0.3 is 0 Å². The molecule has 0 aliphatic rings. The molecule has 0 amide bonds. The van der Waals surface area contributed by atoms with Gasteiger partial charge in [-0.15, -0.1) is 0 Å². The van der Waals surface area contributed by atoms with E-state index in [4.69, 9.17) is 4.99 Å². The van der Waals surface area contributed by atoms with Crippen molar-refractivity contribution in [3.05, 3.63) is 88.5 Å². The molecule has 0 saturated heterocycles. The quantitative estimate of drug-likeness (QED) is 0.404. The summed E-state index contributed by atoms with van der Waals surface area (Å²) in [5.41, 5.74) is 9.92. The van der Waals surface area contributed by atoms with Gasteiger partial charge in [-0.1, -0.05) is 87.9 Å². The third kappa shape index (κ3) is 4.42. The second kappa shape index (κ2) is 8.56. The Kier molecular flexibility index (Phi) is 6.14. The summed E-state index contributed by atoms with van der Waals surface area (Å²) < 4.78 is 0. The Labute approximate surface area is 170 Å². The van der Waals surface area contributed by atoms with Crippen molar-refractivity contribution < 1.29 is 0 Å². The molecule has 0 bridgehead atoms. The van der Waals surface area contributed by atoms with Crippen LogP contribution in [0.1, 0.15) is 67.3 Å². The second-order valence-electron chi connectivity index (χ2n) is 8.29. The van der Waals surface area contributed by atoms with Crippen molar-refractivity contribution in [3.8, 4) is 11.1 Å². The first kappa shape index (κ1) is 20.1. The molecule has 1 heteroatoms. The van der Waals surface area contributed by atoms with E-state index >= 15 is 0 Å². The summed E-state index contributed by atoms with van der Waals surface area (Å²) in [4.78, 5) is 4.99. The second-order valence-corrected chi connectivity index (χ2v) is 8.29. The van der Waals surface area contributed by atoms with E-state index in [0.717, 1.165) is 5.69 Å². The van der Waals surface area contributed by atoms with Gasteiger partial charge in [0.1, 0.15) is 0 Å². The predicted octanol–water partition coefficient (Wildman–Crippen LogP) is 7.97. The standard InChI is InChI=1S/C27H31N/c1-18(2)23-12-13-24(19(3)4)27(16-23)28-17-26-21(6)14-20(5)15-25(26)22-10-8-7-9-11-22/h7-19H,1-6H3. The highest BCUT2D eigenvalue weighted by molar-refractivity contribution is 5.93. The fraction of sp³-hybridized carbons (Fsp3) is 0.296. The lowest BCUT2D eigenvalue weighted by molar-refractivity contribution is 0.845. The van der Waals surface area contributed by atoms with Crippen LogP contribution >= 0.6 is 0 Å². The predicted molar refractivity (Wildman–Crippen MR) is 123 cm³/mol. The van der Waals surface area contributed by atoms with Crippen LogP contribution < -0.4 is 0 Å². The molecule has 0 aliphatic heterocycles. The third-order valence-corrected chi connectivity index (χ3v) is 5.29. The van der Waals surface area contributed by atoms with E-state index in [1.165, 1.54) is 38.9 Å². The smallest absolute Gasteiger partial charge is 0.0667 e. The molecule has 3 aromatic rings. The highest BCUT2D eigenvalue weighted by atomic mass is 14.7. The van der Waals surface area contributed by atoms with Crippen molar-refractivity contribution in [2.75, 3.05) is 0 Å². The SMILES string of the molecule is Cc1cc(C)c(C=Nc2cc(C(C)C)ccc2C(C)C)c(-c2ccccc2)c1. The van der Waals surface area contributed by atoms with E-state index in [2.05, 4.69) is 108 Å². The summed E-state index contributed by atoms with van der Waals surface area (Å²) in [6.07, 6.45) is 2.06. The number of rotatable bonds is 5. The Morgan fingerprint density at radius 2 is 1.50 bits per heavy atom. The Hall–Kier alpha value is -2.67. The molecular formula is C27H31N. The topological polar surface area (TPSA) is 12.4 Å². The zero-order valence-electron chi connectivity index (χ0n) is 18.0. The van der Waals surface area contributed by atoms with Crippen LogP contribution in [0.2, 0.25) is 0 Å². The van der Waals surface area contributed by atoms with Crippen molar-refractivity contribution in [1.82, 2.24) is 0 Å². The maximum Gasteiger partial charge on any atom is 0.0667 e. The van der Waals surface area contributed by atoms with Crippen LogP contribution in [0.25, 0.3) is 11.1 Å². The van der Waals surface area contributed by atoms with E-state index < -0.39 is 0 Å². The molecule has 0 N–H and O–H groups in total. The lowest BCUT2D eigenvalue weighted by Crippen LogP contribution is -1.96. The minimum absolute atomic E-state index is 0.445. The van der Waals surface area contributed by atoms with Gasteiger partial charge in [-0.3, -0.25) is 4.99 Å². The number of hydrogen-bond donors (Lipinski definition) is 0. The molecule has 0 heterocycles. The molecule has 0 saturated carbocycles. The van der Waals surface area contributed by atoms with Gasteiger partial charge in [0.2, 0.25) is 0 Å². The van der Waals surface area contributed by atoms with Gasteiger partial charge in [-0.2, -0.15) is 0 Å². The average Bonchev–Trinajstić information content (AvgIpc) is 2.67.